The molecule has 0 aliphatic rings. The van der Waals surface area contributed by atoms with Crippen LogP contribution in [-0.4, -0.2) is 26.7 Å². The van der Waals surface area contributed by atoms with E-state index in [1.807, 2.05) is 0 Å². The van der Waals surface area contributed by atoms with E-state index in [1.165, 1.54) is 18.3 Å². The van der Waals surface area contributed by atoms with E-state index in [0.29, 0.717) is 5.69 Å². The van der Waals surface area contributed by atoms with Crippen LogP contribution in [0, 0.1) is 0 Å². The van der Waals surface area contributed by atoms with E-state index in [1.54, 1.807) is 36.5 Å². The van der Waals surface area contributed by atoms with E-state index in [9.17, 15) is 18.0 Å². The van der Waals surface area contributed by atoms with Crippen molar-refractivity contribution in [3.8, 4) is 0 Å². The van der Waals surface area contributed by atoms with Crippen molar-refractivity contribution in [1.29, 1.82) is 0 Å². The molecule has 128 valence electrons. The fraction of sp³-hybridized carbons (Fsp3) is 0.125. The van der Waals surface area contributed by atoms with Gasteiger partial charge in [-0.05, 0) is 24.3 Å². The van der Waals surface area contributed by atoms with Crippen molar-refractivity contribution >= 4 is 23.2 Å². The first-order valence-corrected chi connectivity index (χ1v) is 7.20. The topological polar surface area (TPSA) is 72.2 Å². The fourth-order valence-corrected chi connectivity index (χ4v) is 2.25. The minimum Gasteiger partial charge on any atom is -0.311 e. The second-order valence-electron chi connectivity index (χ2n) is 5.06. The van der Waals surface area contributed by atoms with Gasteiger partial charge >= 0.3 is 6.18 Å². The summed E-state index contributed by atoms with van der Waals surface area (Å²) in [6.07, 6.45) is -1.82. The second-order valence-corrected chi connectivity index (χ2v) is 5.06. The van der Waals surface area contributed by atoms with Crippen LogP contribution in [0.2, 0.25) is 0 Å². The summed E-state index contributed by atoms with van der Waals surface area (Å²) in [7, 11) is 0. The van der Waals surface area contributed by atoms with E-state index in [4.69, 9.17) is 0 Å². The van der Waals surface area contributed by atoms with E-state index >= 15 is 0 Å². The molecule has 1 N–H and O–H groups in total. The molecular weight excluding hydrogens is 335 g/mol. The number of hydrogen-bond donors (Lipinski definition) is 1. The standard InChI is InChI=1S/C16H12F3N5O/c17-16(18,19)15-22-12-6-1-2-7-13(12)24(15)10-14(25)23-21-9-11-5-3-4-8-20-11/h1-9H,10H2,(H,23,25)/b21-9+. The molecule has 1 amide bonds. The Morgan fingerprint density at radius 1 is 1.20 bits per heavy atom. The zero-order valence-electron chi connectivity index (χ0n) is 12.7. The number of imidazole rings is 1. The molecule has 0 aliphatic heterocycles. The van der Waals surface area contributed by atoms with Crippen LogP contribution in [0.4, 0.5) is 13.2 Å². The molecule has 0 fully saturated rings. The molecule has 0 bridgehead atoms. The highest BCUT2D eigenvalue weighted by molar-refractivity contribution is 5.83. The molecule has 2 aromatic heterocycles. The highest BCUT2D eigenvalue weighted by Gasteiger charge is 2.37. The third-order valence-corrected chi connectivity index (χ3v) is 3.28. The number of hydrazone groups is 1. The number of aromatic nitrogens is 3. The van der Waals surface area contributed by atoms with Gasteiger partial charge in [0.15, 0.2) is 0 Å². The molecule has 3 rings (SSSR count). The number of pyridine rings is 1. The summed E-state index contributed by atoms with van der Waals surface area (Å²) in [6, 6.07) is 11.2. The Bertz CT molecular complexity index is 918. The summed E-state index contributed by atoms with van der Waals surface area (Å²) in [5.41, 5.74) is 3.08. The van der Waals surface area contributed by atoms with E-state index in [2.05, 4.69) is 20.5 Å². The maximum atomic E-state index is 13.2. The quantitative estimate of drug-likeness (QED) is 0.582. The summed E-state index contributed by atoms with van der Waals surface area (Å²) in [5.74, 6) is -1.83. The van der Waals surface area contributed by atoms with E-state index in [0.717, 1.165) is 4.57 Å². The van der Waals surface area contributed by atoms with Crippen molar-refractivity contribution in [3.05, 3.63) is 60.2 Å². The lowest BCUT2D eigenvalue weighted by molar-refractivity contribution is -0.147. The number of rotatable bonds is 4. The average molecular weight is 347 g/mol. The molecule has 0 atom stereocenters. The van der Waals surface area contributed by atoms with Crippen molar-refractivity contribution < 1.29 is 18.0 Å². The molecule has 3 aromatic rings. The van der Waals surface area contributed by atoms with Crippen molar-refractivity contribution in [2.45, 2.75) is 12.7 Å². The molecule has 0 radical (unpaired) electrons. The van der Waals surface area contributed by atoms with Gasteiger partial charge in [-0.25, -0.2) is 10.4 Å². The number of carbonyl (C=O) groups excluding carboxylic acids is 1. The Balaban J connectivity index is 1.80. The minimum absolute atomic E-state index is 0.166. The van der Waals surface area contributed by atoms with Gasteiger partial charge in [0, 0.05) is 6.20 Å². The minimum atomic E-state index is -4.67. The average Bonchev–Trinajstić information content (AvgIpc) is 2.95. The molecular formula is C16H12F3N5O. The van der Waals surface area contributed by atoms with Crippen molar-refractivity contribution in [1.82, 2.24) is 20.0 Å². The fourth-order valence-electron chi connectivity index (χ4n) is 2.25. The smallest absolute Gasteiger partial charge is 0.311 e. The normalized spacial score (nSPS) is 12.0. The first-order valence-electron chi connectivity index (χ1n) is 7.20. The van der Waals surface area contributed by atoms with Crippen LogP contribution in [0.15, 0.2) is 53.8 Å². The maximum Gasteiger partial charge on any atom is 0.449 e. The highest BCUT2D eigenvalue weighted by Crippen LogP contribution is 2.31. The molecule has 1 aromatic carbocycles. The number of alkyl halides is 3. The number of amides is 1. The molecule has 6 nitrogen and oxygen atoms in total. The predicted molar refractivity (Wildman–Crippen MR) is 84.7 cm³/mol. The van der Waals surface area contributed by atoms with Crippen molar-refractivity contribution in [2.24, 2.45) is 5.10 Å². The second kappa shape index (κ2) is 6.71. The molecule has 9 heteroatoms. The summed E-state index contributed by atoms with van der Waals surface area (Å²) >= 11 is 0. The number of carbonyl (C=O) groups is 1. The Morgan fingerprint density at radius 2 is 1.96 bits per heavy atom. The van der Waals surface area contributed by atoms with Crippen LogP contribution in [0.1, 0.15) is 11.5 Å². The Labute approximate surface area is 140 Å². The number of para-hydroxylation sites is 2. The lowest BCUT2D eigenvalue weighted by atomic mass is 10.3. The van der Waals surface area contributed by atoms with Gasteiger partial charge in [0.05, 0.1) is 22.9 Å². The molecule has 0 unspecified atom stereocenters. The third kappa shape index (κ3) is 3.82. The summed E-state index contributed by atoms with van der Waals surface area (Å²) in [6.45, 7) is -0.561. The highest BCUT2D eigenvalue weighted by atomic mass is 19.4. The van der Waals surface area contributed by atoms with Gasteiger partial charge in [-0.15, -0.1) is 0 Å². The summed E-state index contributed by atoms with van der Waals surface area (Å²) in [4.78, 5) is 19.5. The maximum absolute atomic E-state index is 13.2. The number of benzene rings is 1. The first-order chi connectivity index (χ1) is 11.9. The van der Waals surface area contributed by atoms with Gasteiger partial charge in [0.1, 0.15) is 6.54 Å². The predicted octanol–water partition coefficient (Wildman–Crippen LogP) is 2.60. The number of nitrogens with one attached hydrogen (secondary N) is 1. The van der Waals surface area contributed by atoms with Crippen LogP contribution < -0.4 is 5.43 Å². The zero-order chi connectivity index (χ0) is 17.9. The van der Waals surface area contributed by atoms with Gasteiger partial charge in [0.2, 0.25) is 5.82 Å². The first kappa shape index (κ1) is 16.6. The molecule has 2 heterocycles. The van der Waals surface area contributed by atoms with Crippen molar-refractivity contribution in [3.63, 3.8) is 0 Å². The Hall–Kier alpha value is -3.23. The SMILES string of the molecule is O=C(Cn1c(C(F)(F)F)nc2ccccc21)N/N=C/c1ccccn1. The van der Waals surface area contributed by atoms with Gasteiger partial charge < -0.3 is 4.57 Å². The summed E-state index contributed by atoms with van der Waals surface area (Å²) < 4.78 is 40.3. The molecule has 0 saturated heterocycles. The number of fused-ring (bicyclic) bond motifs is 1. The third-order valence-electron chi connectivity index (χ3n) is 3.28. The van der Waals surface area contributed by atoms with Gasteiger partial charge in [-0.2, -0.15) is 18.3 Å². The number of halogens is 3. The molecule has 0 aliphatic carbocycles. The molecule has 0 saturated carbocycles. The van der Waals surface area contributed by atoms with Crippen LogP contribution in [0.5, 0.6) is 0 Å². The van der Waals surface area contributed by atoms with Gasteiger partial charge in [-0.3, -0.25) is 9.78 Å². The molecule has 25 heavy (non-hydrogen) atoms. The van der Waals surface area contributed by atoms with Crippen LogP contribution >= 0.6 is 0 Å². The lowest BCUT2D eigenvalue weighted by Gasteiger charge is -2.10. The van der Waals surface area contributed by atoms with Gasteiger partial charge in [0.25, 0.3) is 5.91 Å². The van der Waals surface area contributed by atoms with Gasteiger partial charge in [-0.1, -0.05) is 18.2 Å². The Morgan fingerprint density at radius 3 is 2.68 bits per heavy atom. The number of hydrogen-bond acceptors (Lipinski definition) is 4. The van der Waals surface area contributed by atoms with Crippen LogP contribution in [0.3, 0.4) is 0 Å². The zero-order valence-corrected chi connectivity index (χ0v) is 12.7. The van der Waals surface area contributed by atoms with Crippen molar-refractivity contribution in [2.75, 3.05) is 0 Å². The largest absolute Gasteiger partial charge is 0.449 e. The van der Waals surface area contributed by atoms with E-state index < -0.39 is 24.5 Å². The molecule has 0 spiro atoms. The van der Waals surface area contributed by atoms with Crippen LogP contribution in [-0.2, 0) is 17.5 Å². The monoisotopic (exact) mass is 347 g/mol. The Kier molecular flexibility index (Phi) is 4.46. The summed E-state index contributed by atoms with van der Waals surface area (Å²) in [5, 5.41) is 3.69. The number of nitrogens with zero attached hydrogens (tertiary/aromatic N) is 4. The van der Waals surface area contributed by atoms with E-state index in [-0.39, 0.29) is 11.0 Å². The lowest BCUT2D eigenvalue weighted by Crippen LogP contribution is -2.26. The van der Waals surface area contributed by atoms with Crippen LogP contribution in [0.25, 0.3) is 11.0 Å².